The fraction of sp³-hybridized carbons (Fsp3) is 0.846. The average Bonchev–Trinajstić information content (AvgIpc) is 3.71. The standard InChI is InChI=1S/C26H39NO6/c1-16(2)5-6-18-23(3,33-18)20-19(31-4)17(7-8-26(20)15-32-26)27-21(28)24-9-12-25(13-10-24,14-11-24)22(29)30/h5,17-20H,6-15H2,1-4H3,(H,27,28)(H,29,30)/t17-,18-,19-,20-,23?,24?,25?,26+/m1/s1. The number of rotatable bonds is 7. The lowest BCUT2D eigenvalue weighted by atomic mass is 9.53. The molecule has 0 aromatic rings. The Hall–Kier alpha value is -1.44. The van der Waals surface area contributed by atoms with Crippen LogP contribution in [-0.4, -0.2) is 60.2 Å². The molecule has 6 rings (SSSR count). The molecule has 7 heteroatoms. The smallest absolute Gasteiger partial charge is 0.309 e. The molecule has 4 aliphatic carbocycles. The summed E-state index contributed by atoms with van der Waals surface area (Å²) in [6.45, 7) is 7.11. The Morgan fingerprint density at radius 3 is 2.21 bits per heavy atom. The van der Waals surface area contributed by atoms with E-state index in [4.69, 9.17) is 14.2 Å². The van der Waals surface area contributed by atoms with E-state index in [2.05, 4.69) is 32.2 Å². The fourth-order valence-electron chi connectivity index (χ4n) is 7.31. The Kier molecular flexibility index (Phi) is 5.50. The molecule has 6 fully saturated rings. The van der Waals surface area contributed by atoms with Gasteiger partial charge in [0, 0.05) is 18.4 Å². The lowest BCUT2D eigenvalue weighted by Gasteiger charge is -2.51. The molecule has 2 saturated heterocycles. The molecular formula is C26H39NO6. The van der Waals surface area contributed by atoms with Gasteiger partial charge >= 0.3 is 5.97 Å². The van der Waals surface area contributed by atoms with Crippen LogP contribution >= 0.6 is 0 Å². The van der Waals surface area contributed by atoms with E-state index in [1.54, 1.807) is 7.11 Å². The summed E-state index contributed by atoms with van der Waals surface area (Å²) in [5.41, 5.74) is -0.274. The second-order valence-electron chi connectivity index (χ2n) is 11.8. The summed E-state index contributed by atoms with van der Waals surface area (Å²) in [6.07, 6.45) is 8.60. The number of epoxide rings is 2. The van der Waals surface area contributed by atoms with Gasteiger partial charge in [0.1, 0.15) is 5.60 Å². The number of allylic oxidation sites excluding steroid dienone is 1. The van der Waals surface area contributed by atoms with Crippen molar-refractivity contribution >= 4 is 11.9 Å². The number of carboxylic acids is 1. The Balaban J connectivity index is 1.30. The van der Waals surface area contributed by atoms with Crippen molar-refractivity contribution < 1.29 is 28.9 Å². The summed E-state index contributed by atoms with van der Waals surface area (Å²) < 4.78 is 18.4. The van der Waals surface area contributed by atoms with Crippen molar-refractivity contribution in [3.63, 3.8) is 0 Å². The SMILES string of the molecule is CO[C@H]1[C@H](C2(C)O[C@@H]2CC=C(C)C)[C@]2(CC[C@H]1NC(=O)C13CCC(C(=O)O)(CC1)CC3)CO2. The van der Waals surface area contributed by atoms with Crippen molar-refractivity contribution in [2.75, 3.05) is 13.7 Å². The van der Waals surface area contributed by atoms with Gasteiger partial charge in [-0.05, 0) is 78.6 Å². The monoisotopic (exact) mass is 461 g/mol. The van der Waals surface area contributed by atoms with E-state index >= 15 is 0 Å². The maximum atomic E-state index is 13.6. The van der Waals surface area contributed by atoms with Crippen LogP contribution in [0.5, 0.6) is 0 Å². The van der Waals surface area contributed by atoms with Crippen molar-refractivity contribution in [1.82, 2.24) is 5.32 Å². The summed E-state index contributed by atoms with van der Waals surface area (Å²) in [4.78, 5) is 25.4. The summed E-state index contributed by atoms with van der Waals surface area (Å²) >= 11 is 0. The zero-order chi connectivity index (χ0) is 23.6. The molecule has 4 saturated carbocycles. The zero-order valence-corrected chi connectivity index (χ0v) is 20.4. The van der Waals surface area contributed by atoms with Crippen LogP contribution in [0.2, 0.25) is 0 Å². The van der Waals surface area contributed by atoms with Gasteiger partial charge in [0.2, 0.25) is 5.91 Å². The van der Waals surface area contributed by atoms with Gasteiger partial charge in [-0.15, -0.1) is 0 Å². The molecule has 2 bridgehead atoms. The Labute approximate surface area is 196 Å². The lowest BCUT2D eigenvalue weighted by Crippen LogP contribution is -2.62. The molecule has 2 aliphatic heterocycles. The van der Waals surface area contributed by atoms with E-state index in [1.165, 1.54) is 5.57 Å². The van der Waals surface area contributed by atoms with Gasteiger partial charge < -0.3 is 24.6 Å². The van der Waals surface area contributed by atoms with Gasteiger partial charge in [-0.25, -0.2) is 0 Å². The van der Waals surface area contributed by atoms with Crippen LogP contribution in [0, 0.1) is 16.7 Å². The van der Waals surface area contributed by atoms with E-state index in [9.17, 15) is 14.7 Å². The van der Waals surface area contributed by atoms with E-state index < -0.39 is 16.8 Å². The van der Waals surface area contributed by atoms with Crippen molar-refractivity contribution in [3.05, 3.63) is 11.6 Å². The molecule has 1 unspecified atom stereocenters. The first-order valence-electron chi connectivity index (χ1n) is 12.6. The second-order valence-corrected chi connectivity index (χ2v) is 11.8. The average molecular weight is 462 g/mol. The first kappa shape index (κ1) is 23.3. The normalized spacial score (nSPS) is 47.8. The molecule has 0 aromatic carbocycles. The number of methoxy groups -OCH3 is 1. The van der Waals surface area contributed by atoms with Gasteiger partial charge in [-0.1, -0.05) is 11.6 Å². The molecule has 0 aromatic heterocycles. The summed E-state index contributed by atoms with van der Waals surface area (Å²) in [5, 5.41) is 13.0. The molecule has 33 heavy (non-hydrogen) atoms. The first-order chi connectivity index (χ1) is 15.6. The van der Waals surface area contributed by atoms with Gasteiger partial charge in [-0.3, -0.25) is 9.59 Å². The predicted octanol–water partition coefficient (Wildman–Crippen LogP) is 3.60. The number of amides is 1. The van der Waals surface area contributed by atoms with E-state index in [0.717, 1.165) is 25.9 Å². The highest BCUT2D eigenvalue weighted by Gasteiger charge is 2.72. The van der Waals surface area contributed by atoms with Crippen LogP contribution in [0.3, 0.4) is 0 Å². The lowest BCUT2D eigenvalue weighted by molar-refractivity contribution is -0.164. The van der Waals surface area contributed by atoms with Crippen LogP contribution in [0.1, 0.15) is 78.6 Å². The van der Waals surface area contributed by atoms with Crippen LogP contribution in [0.15, 0.2) is 11.6 Å². The van der Waals surface area contributed by atoms with E-state index in [0.29, 0.717) is 38.5 Å². The third kappa shape index (κ3) is 3.66. The predicted molar refractivity (Wildman–Crippen MR) is 122 cm³/mol. The van der Waals surface area contributed by atoms with Crippen molar-refractivity contribution in [2.45, 2.75) is 108 Å². The molecule has 6 atom stereocenters. The Bertz CT molecular complexity index is 834. The van der Waals surface area contributed by atoms with Crippen molar-refractivity contribution in [1.29, 1.82) is 0 Å². The van der Waals surface area contributed by atoms with Crippen LogP contribution in [0.4, 0.5) is 0 Å². The second kappa shape index (κ2) is 7.79. The third-order valence-electron chi connectivity index (χ3n) is 9.79. The fourth-order valence-corrected chi connectivity index (χ4v) is 7.31. The van der Waals surface area contributed by atoms with Crippen molar-refractivity contribution in [2.24, 2.45) is 16.7 Å². The molecule has 2 heterocycles. The van der Waals surface area contributed by atoms with Gasteiger partial charge in [0.05, 0.1) is 35.9 Å². The molecule has 1 amide bonds. The Morgan fingerprint density at radius 1 is 1.09 bits per heavy atom. The maximum absolute atomic E-state index is 13.6. The van der Waals surface area contributed by atoms with Crippen molar-refractivity contribution in [3.8, 4) is 0 Å². The summed E-state index contributed by atoms with van der Waals surface area (Å²) in [7, 11) is 1.73. The molecule has 1 spiro atoms. The molecule has 184 valence electrons. The molecule has 7 nitrogen and oxygen atoms in total. The molecule has 6 aliphatic rings. The first-order valence-corrected chi connectivity index (χ1v) is 12.6. The topological polar surface area (TPSA) is 101 Å². The number of ether oxygens (including phenoxy) is 3. The number of fused-ring (bicyclic) bond motifs is 3. The highest BCUT2D eigenvalue weighted by Crippen LogP contribution is 2.60. The van der Waals surface area contributed by atoms with Gasteiger partial charge in [0.15, 0.2) is 0 Å². The number of carbonyl (C=O) groups excluding carboxylic acids is 1. The molecule has 0 radical (unpaired) electrons. The van der Waals surface area contributed by atoms with E-state index in [1.807, 2.05) is 0 Å². The van der Waals surface area contributed by atoms with Crippen LogP contribution in [0.25, 0.3) is 0 Å². The third-order valence-corrected chi connectivity index (χ3v) is 9.79. The minimum atomic E-state index is -0.694. The minimum Gasteiger partial charge on any atom is -0.481 e. The molecular weight excluding hydrogens is 422 g/mol. The quantitative estimate of drug-likeness (QED) is 0.444. The highest BCUT2D eigenvalue weighted by atomic mass is 16.6. The van der Waals surface area contributed by atoms with Crippen LogP contribution in [-0.2, 0) is 23.8 Å². The molecule has 2 N–H and O–H groups in total. The number of carboxylic acid groups (broad SMARTS) is 1. The van der Waals surface area contributed by atoms with E-state index in [-0.39, 0.29) is 41.3 Å². The zero-order valence-electron chi connectivity index (χ0n) is 20.4. The summed E-state index contributed by atoms with van der Waals surface area (Å²) in [5.74, 6) is -0.539. The largest absolute Gasteiger partial charge is 0.481 e. The number of aliphatic carboxylic acids is 1. The van der Waals surface area contributed by atoms with Gasteiger partial charge in [-0.2, -0.15) is 0 Å². The minimum absolute atomic E-state index is 0.0690. The van der Waals surface area contributed by atoms with Gasteiger partial charge in [0.25, 0.3) is 0 Å². The van der Waals surface area contributed by atoms with Crippen LogP contribution < -0.4 is 5.32 Å². The highest BCUT2D eigenvalue weighted by molar-refractivity contribution is 5.85. The number of nitrogens with one attached hydrogen (secondary N) is 1. The number of carbonyl (C=O) groups is 2. The number of hydrogen-bond donors (Lipinski definition) is 2. The summed E-state index contributed by atoms with van der Waals surface area (Å²) in [6, 6.07) is -0.0880. The number of hydrogen-bond acceptors (Lipinski definition) is 5. The maximum Gasteiger partial charge on any atom is 0.309 e. The Morgan fingerprint density at radius 2 is 1.70 bits per heavy atom.